The molecule has 6 rings (SSSR count). The van der Waals surface area contributed by atoms with Crippen LogP contribution in [0.3, 0.4) is 0 Å². The number of H-pyrrole nitrogens is 1. The van der Waals surface area contributed by atoms with Gasteiger partial charge < -0.3 is 24.0 Å². The fraction of sp³-hybridized carbons (Fsp3) is 0.161. The van der Waals surface area contributed by atoms with Gasteiger partial charge in [-0.2, -0.15) is 0 Å². The number of fused-ring (bicyclic) bond motifs is 2. The van der Waals surface area contributed by atoms with Gasteiger partial charge in [-0.05, 0) is 47.9 Å². The maximum Gasteiger partial charge on any atom is 0.287 e. The van der Waals surface area contributed by atoms with E-state index in [1.54, 1.807) is 19.2 Å². The number of aromatic nitrogens is 3. The van der Waals surface area contributed by atoms with E-state index in [1.165, 1.54) is 11.8 Å². The summed E-state index contributed by atoms with van der Waals surface area (Å²) < 4.78 is 13.1. The quantitative estimate of drug-likeness (QED) is 0.250. The van der Waals surface area contributed by atoms with Gasteiger partial charge in [0.1, 0.15) is 11.6 Å². The number of amides is 1. The molecule has 0 aliphatic heterocycles. The molecule has 190 valence electrons. The van der Waals surface area contributed by atoms with Crippen LogP contribution in [0.1, 0.15) is 33.5 Å². The number of carbonyl (C=O) groups is 1. The van der Waals surface area contributed by atoms with Gasteiger partial charge in [0.05, 0.1) is 30.4 Å². The second kappa shape index (κ2) is 10.3. The Morgan fingerprint density at radius 1 is 1.05 bits per heavy atom. The molecule has 1 unspecified atom stereocenters. The number of aryl methyl sites for hydroxylation is 2. The van der Waals surface area contributed by atoms with Crippen molar-refractivity contribution in [1.82, 2.24) is 19.9 Å². The van der Waals surface area contributed by atoms with Gasteiger partial charge in [0, 0.05) is 36.1 Å². The van der Waals surface area contributed by atoms with Gasteiger partial charge in [-0.15, -0.1) is 0 Å². The van der Waals surface area contributed by atoms with Crippen molar-refractivity contribution >= 4 is 27.8 Å². The summed E-state index contributed by atoms with van der Waals surface area (Å²) in [4.78, 5) is 21.6. The van der Waals surface area contributed by atoms with E-state index >= 15 is 0 Å². The predicted octanol–water partition coefficient (Wildman–Crippen LogP) is 6.08. The third-order valence-corrected chi connectivity index (χ3v) is 6.91. The lowest BCUT2D eigenvalue weighted by Crippen LogP contribution is -2.32. The Balaban J connectivity index is 1.44. The van der Waals surface area contributed by atoms with Gasteiger partial charge in [-0.3, -0.25) is 4.79 Å². The zero-order valence-corrected chi connectivity index (χ0v) is 21.1. The number of imidazole rings is 1. The highest BCUT2D eigenvalue weighted by molar-refractivity contribution is 5.92. The number of nitrogens with zero attached hydrogens (tertiary/aromatic N) is 2. The molecule has 3 aromatic carbocycles. The maximum atomic E-state index is 13.2. The Labute approximate surface area is 220 Å². The molecule has 1 atom stereocenters. The Hall–Kier alpha value is -4.78. The lowest BCUT2D eigenvalue weighted by molar-refractivity contribution is 0.0906. The van der Waals surface area contributed by atoms with Gasteiger partial charge in [-0.1, -0.05) is 48.5 Å². The van der Waals surface area contributed by atoms with Gasteiger partial charge in [-0.25, -0.2) is 4.98 Å². The fourth-order valence-electron chi connectivity index (χ4n) is 5.00. The highest BCUT2D eigenvalue weighted by Crippen LogP contribution is 2.29. The summed E-state index contributed by atoms with van der Waals surface area (Å²) in [6.07, 6.45) is 4.90. The number of benzene rings is 3. The van der Waals surface area contributed by atoms with Crippen LogP contribution >= 0.6 is 0 Å². The van der Waals surface area contributed by atoms with Crippen LogP contribution in [-0.2, 0) is 19.4 Å². The molecule has 0 saturated heterocycles. The summed E-state index contributed by atoms with van der Waals surface area (Å²) in [7, 11) is 1.66. The minimum absolute atomic E-state index is 0.266. The van der Waals surface area contributed by atoms with Crippen LogP contribution in [0.2, 0.25) is 0 Å². The Morgan fingerprint density at radius 2 is 1.89 bits per heavy atom. The molecule has 7 heteroatoms. The Morgan fingerprint density at radius 3 is 2.71 bits per heavy atom. The molecule has 0 radical (unpaired) electrons. The molecule has 7 nitrogen and oxygen atoms in total. The first-order chi connectivity index (χ1) is 18.7. The second-order valence-electron chi connectivity index (χ2n) is 9.28. The van der Waals surface area contributed by atoms with Gasteiger partial charge in [0.25, 0.3) is 5.91 Å². The van der Waals surface area contributed by atoms with Gasteiger partial charge >= 0.3 is 0 Å². The van der Waals surface area contributed by atoms with Gasteiger partial charge in [0.2, 0.25) is 0 Å². The van der Waals surface area contributed by atoms with Crippen LogP contribution in [0.4, 0.5) is 0 Å². The number of rotatable bonds is 9. The fourth-order valence-corrected chi connectivity index (χ4v) is 5.00. The van der Waals surface area contributed by atoms with E-state index in [0.717, 1.165) is 45.5 Å². The minimum Gasteiger partial charge on any atom is -0.497 e. The molecule has 2 N–H and O–H groups in total. The van der Waals surface area contributed by atoms with Crippen LogP contribution in [0.25, 0.3) is 21.9 Å². The highest BCUT2D eigenvalue weighted by Gasteiger charge is 2.25. The Kier molecular flexibility index (Phi) is 6.40. The van der Waals surface area contributed by atoms with E-state index in [9.17, 15) is 4.79 Å². The summed E-state index contributed by atoms with van der Waals surface area (Å²) in [6.45, 7) is 0.698. The topological polar surface area (TPSA) is 85.1 Å². The molecule has 0 fully saturated rings. The number of nitrogens with one attached hydrogen (secondary N) is 2. The van der Waals surface area contributed by atoms with E-state index in [4.69, 9.17) is 14.1 Å². The van der Waals surface area contributed by atoms with Crippen molar-refractivity contribution in [3.05, 3.63) is 120 Å². The summed E-state index contributed by atoms with van der Waals surface area (Å²) in [5, 5.41) is 4.33. The molecule has 38 heavy (non-hydrogen) atoms. The third kappa shape index (κ3) is 4.66. The summed E-state index contributed by atoms with van der Waals surface area (Å²) in [5.41, 5.74) is 5.21. The molecular formula is C31H28N4O3. The Bertz CT molecular complexity index is 1680. The molecule has 0 spiro atoms. The normalized spacial score (nSPS) is 12.1. The maximum absolute atomic E-state index is 13.2. The molecule has 1 amide bonds. The van der Waals surface area contributed by atoms with Crippen LogP contribution in [0.15, 0.2) is 102 Å². The molecule has 0 bridgehead atoms. The second-order valence-corrected chi connectivity index (χ2v) is 9.28. The largest absolute Gasteiger partial charge is 0.497 e. The molecular weight excluding hydrogens is 476 g/mol. The number of carbonyl (C=O) groups excluding carboxylic acids is 1. The summed E-state index contributed by atoms with van der Waals surface area (Å²) in [5.74, 6) is 1.54. The first-order valence-corrected chi connectivity index (χ1v) is 12.7. The standard InChI is InChI=1S/C31H28N4O3/c1-37-23-13-14-26-28(19-23)35(16-15-21-8-3-2-4-9-21)30(33-26)27(34-31(36)29-12-7-17-38-29)18-22-20-32-25-11-6-5-10-24(22)25/h2-14,17,19-20,27,32H,15-16,18H2,1H3,(H,34,36). The minimum atomic E-state index is -0.402. The first kappa shape index (κ1) is 23.6. The van der Waals surface area contributed by atoms with E-state index in [2.05, 4.69) is 51.3 Å². The first-order valence-electron chi connectivity index (χ1n) is 12.7. The number of furan rings is 1. The molecule has 0 aliphatic carbocycles. The average Bonchev–Trinajstić information content (AvgIpc) is 3.71. The summed E-state index contributed by atoms with van der Waals surface area (Å²) in [6, 6.07) is 27.4. The smallest absolute Gasteiger partial charge is 0.287 e. The lowest BCUT2D eigenvalue weighted by Gasteiger charge is -2.20. The van der Waals surface area contributed by atoms with E-state index in [-0.39, 0.29) is 11.7 Å². The monoisotopic (exact) mass is 504 g/mol. The van der Waals surface area contributed by atoms with Crippen molar-refractivity contribution in [2.24, 2.45) is 0 Å². The van der Waals surface area contributed by atoms with Crippen LogP contribution in [-0.4, -0.2) is 27.6 Å². The number of hydrogen-bond donors (Lipinski definition) is 2. The summed E-state index contributed by atoms with van der Waals surface area (Å²) >= 11 is 0. The van der Waals surface area contributed by atoms with E-state index < -0.39 is 6.04 Å². The van der Waals surface area contributed by atoms with Crippen LogP contribution < -0.4 is 10.1 Å². The molecule has 3 aromatic heterocycles. The third-order valence-electron chi connectivity index (χ3n) is 6.91. The molecule has 0 aliphatic rings. The molecule has 0 saturated carbocycles. The van der Waals surface area contributed by atoms with Gasteiger partial charge in [0.15, 0.2) is 5.76 Å². The van der Waals surface area contributed by atoms with Crippen molar-refractivity contribution in [1.29, 1.82) is 0 Å². The van der Waals surface area contributed by atoms with E-state index in [0.29, 0.717) is 13.0 Å². The van der Waals surface area contributed by atoms with Crippen LogP contribution in [0, 0.1) is 0 Å². The lowest BCUT2D eigenvalue weighted by atomic mass is 10.0. The zero-order chi connectivity index (χ0) is 25.9. The van der Waals surface area contributed by atoms with Crippen molar-refractivity contribution < 1.29 is 13.9 Å². The van der Waals surface area contributed by atoms with Crippen molar-refractivity contribution in [2.75, 3.05) is 7.11 Å². The van der Waals surface area contributed by atoms with Crippen molar-refractivity contribution in [2.45, 2.75) is 25.4 Å². The zero-order valence-electron chi connectivity index (χ0n) is 21.1. The average molecular weight is 505 g/mol. The number of ether oxygens (including phenoxy) is 1. The number of methoxy groups -OCH3 is 1. The molecule has 3 heterocycles. The number of para-hydroxylation sites is 1. The van der Waals surface area contributed by atoms with E-state index in [1.807, 2.05) is 42.6 Å². The number of aromatic amines is 1. The molecule has 6 aromatic rings. The highest BCUT2D eigenvalue weighted by atomic mass is 16.5. The van der Waals surface area contributed by atoms with Crippen LogP contribution in [0.5, 0.6) is 5.75 Å². The number of hydrogen-bond acceptors (Lipinski definition) is 4. The SMILES string of the molecule is COc1ccc2nc(C(Cc3c[nH]c4ccccc34)NC(=O)c3ccco3)n(CCc3ccccc3)c2c1. The van der Waals surface area contributed by atoms with Crippen molar-refractivity contribution in [3.8, 4) is 5.75 Å². The predicted molar refractivity (Wildman–Crippen MR) is 147 cm³/mol. The van der Waals surface area contributed by atoms with Crippen molar-refractivity contribution in [3.63, 3.8) is 0 Å².